The minimum absolute atomic E-state index is 0.0996. The number of cyclic esters (lactones) is 1. The number of esters is 1. The lowest BCUT2D eigenvalue weighted by atomic mass is 9.86. The van der Waals surface area contributed by atoms with Gasteiger partial charge in [-0.1, -0.05) is 116 Å². The fourth-order valence-electron chi connectivity index (χ4n) is 7.50. The van der Waals surface area contributed by atoms with Crippen LogP contribution in [0.5, 0.6) is 0 Å². The van der Waals surface area contributed by atoms with E-state index in [2.05, 4.69) is 28.4 Å². The first-order valence-electron chi connectivity index (χ1n) is 17.2. The van der Waals surface area contributed by atoms with E-state index < -0.39 is 17.2 Å². The zero-order chi connectivity index (χ0) is 33.7. The van der Waals surface area contributed by atoms with Gasteiger partial charge in [-0.25, -0.2) is 4.79 Å². The summed E-state index contributed by atoms with van der Waals surface area (Å²) in [5, 5.41) is 3.49. The third kappa shape index (κ3) is 7.49. The second-order valence-corrected chi connectivity index (χ2v) is 14.2. The van der Waals surface area contributed by atoms with Crippen molar-refractivity contribution in [1.82, 2.24) is 15.1 Å². The molecule has 0 radical (unpaired) electrons. The summed E-state index contributed by atoms with van der Waals surface area (Å²) < 4.78 is 11.3. The summed E-state index contributed by atoms with van der Waals surface area (Å²) >= 11 is 0. The molecule has 2 aliphatic heterocycles. The molecule has 0 aromatic heterocycles. The molecule has 252 valence electrons. The number of hydrogen-bond acceptors (Lipinski definition) is 6. The smallest absolute Gasteiger partial charge is 0.410 e. The van der Waals surface area contributed by atoms with Gasteiger partial charge in [0.1, 0.15) is 12.2 Å². The van der Waals surface area contributed by atoms with Crippen molar-refractivity contribution < 1.29 is 23.9 Å². The number of benzene rings is 3. The monoisotopic (exact) mass is 649 g/mol. The van der Waals surface area contributed by atoms with E-state index in [4.69, 9.17) is 9.47 Å². The summed E-state index contributed by atoms with van der Waals surface area (Å²) in [5.41, 5.74) is 2.06. The number of amides is 2. The van der Waals surface area contributed by atoms with Crippen molar-refractivity contribution in [1.29, 1.82) is 0 Å². The van der Waals surface area contributed by atoms with E-state index in [9.17, 15) is 14.4 Å². The molecule has 3 aliphatic rings. The fraction of sp³-hybridized carbons (Fsp3) is 0.425. The van der Waals surface area contributed by atoms with Crippen LogP contribution in [0.2, 0.25) is 0 Å². The van der Waals surface area contributed by atoms with E-state index >= 15 is 0 Å². The molecular weight excluding hydrogens is 602 g/mol. The van der Waals surface area contributed by atoms with Crippen LogP contribution in [0.4, 0.5) is 4.79 Å². The molecule has 3 aromatic carbocycles. The van der Waals surface area contributed by atoms with E-state index in [1.54, 1.807) is 0 Å². The van der Waals surface area contributed by atoms with E-state index in [1.807, 2.05) is 111 Å². The lowest BCUT2D eigenvalue weighted by molar-refractivity contribution is -0.155. The van der Waals surface area contributed by atoms with Crippen molar-refractivity contribution in [3.05, 3.63) is 114 Å². The second kappa shape index (κ2) is 14.4. The summed E-state index contributed by atoms with van der Waals surface area (Å²) in [7, 11) is 0. The van der Waals surface area contributed by atoms with Gasteiger partial charge in [-0.05, 0) is 56.7 Å². The number of nitrogens with one attached hydrogen (secondary N) is 1. The van der Waals surface area contributed by atoms with Crippen LogP contribution >= 0.6 is 0 Å². The average Bonchev–Trinajstić information content (AvgIpc) is 3.70. The van der Waals surface area contributed by atoms with E-state index in [-0.39, 0.29) is 49.1 Å². The molecule has 4 atom stereocenters. The lowest BCUT2D eigenvalue weighted by Crippen LogP contribution is -2.71. The predicted molar refractivity (Wildman–Crippen MR) is 186 cm³/mol. The van der Waals surface area contributed by atoms with E-state index in [1.165, 1.54) is 0 Å². The minimum Gasteiger partial charge on any atom is -0.460 e. The molecule has 2 heterocycles. The van der Waals surface area contributed by atoms with Crippen LogP contribution in [0.15, 0.2) is 97.1 Å². The molecule has 1 N–H and O–H groups in total. The Morgan fingerprint density at radius 1 is 0.958 bits per heavy atom. The summed E-state index contributed by atoms with van der Waals surface area (Å²) in [6.07, 6.45) is 7.97. The van der Waals surface area contributed by atoms with Gasteiger partial charge in [-0.3, -0.25) is 19.4 Å². The van der Waals surface area contributed by atoms with Gasteiger partial charge >= 0.3 is 12.1 Å². The van der Waals surface area contributed by atoms with Gasteiger partial charge < -0.3 is 14.8 Å². The quantitative estimate of drug-likeness (QED) is 0.225. The van der Waals surface area contributed by atoms with Gasteiger partial charge in [0, 0.05) is 13.0 Å². The molecule has 0 spiro atoms. The van der Waals surface area contributed by atoms with Crippen LogP contribution < -0.4 is 5.32 Å². The molecule has 6 rings (SSSR count). The molecule has 8 nitrogen and oxygen atoms in total. The summed E-state index contributed by atoms with van der Waals surface area (Å²) in [6, 6.07) is 28.8. The predicted octanol–water partition coefficient (Wildman–Crippen LogP) is 7.02. The molecule has 48 heavy (non-hydrogen) atoms. The Morgan fingerprint density at radius 2 is 1.58 bits per heavy atom. The maximum Gasteiger partial charge on any atom is 0.410 e. The normalized spacial score (nSPS) is 23.0. The van der Waals surface area contributed by atoms with Crippen molar-refractivity contribution in [3.63, 3.8) is 0 Å². The first kappa shape index (κ1) is 33.5. The van der Waals surface area contributed by atoms with Crippen LogP contribution in [0, 0.1) is 0 Å². The standard InChI is InChI=1S/C40H47N3O5/c1-39(2,3)48-36(44)24-23-33(37(45)41-40(25-13-14-26-40)31-19-11-6-12-20-31)42-27-34(32(42)22-21-29-15-7-4-8-16-29)43-35(28-47-38(43)46)30-17-9-5-10-18-30/h4-12,15-22,32-35H,13-14,23-28H2,1-3H3,(H,41,45)/b22-21+/t32-,33-,34-,35+/m1/s1. The molecule has 1 aliphatic carbocycles. The largest absolute Gasteiger partial charge is 0.460 e. The molecule has 8 heteroatoms. The molecule has 1 saturated carbocycles. The SMILES string of the molecule is CC(C)(C)OC(=O)CC[C@H](C(=O)NC1(c2ccccc2)CCCC1)N1C[C@@H](N2C(=O)OC[C@H]2c2ccccc2)[C@H]1/C=C/c1ccccc1. The molecule has 3 fully saturated rings. The first-order valence-corrected chi connectivity index (χ1v) is 17.2. The van der Waals surface area contributed by atoms with Crippen LogP contribution in [-0.4, -0.2) is 64.6 Å². The molecular formula is C40H47N3O5. The third-order valence-electron chi connectivity index (χ3n) is 9.80. The maximum absolute atomic E-state index is 14.6. The zero-order valence-electron chi connectivity index (χ0n) is 28.2. The molecule has 2 saturated heterocycles. The maximum atomic E-state index is 14.6. The van der Waals surface area contributed by atoms with Crippen molar-refractivity contribution in [2.24, 2.45) is 0 Å². The fourth-order valence-corrected chi connectivity index (χ4v) is 7.50. The van der Waals surface area contributed by atoms with Crippen LogP contribution in [0.1, 0.15) is 82.0 Å². The first-order chi connectivity index (χ1) is 23.1. The van der Waals surface area contributed by atoms with E-state index in [0.717, 1.165) is 42.4 Å². The number of hydrogen-bond donors (Lipinski definition) is 1. The van der Waals surface area contributed by atoms with Crippen molar-refractivity contribution in [3.8, 4) is 0 Å². The zero-order valence-corrected chi connectivity index (χ0v) is 28.2. The Balaban J connectivity index is 1.32. The average molecular weight is 650 g/mol. The Hall–Kier alpha value is -4.43. The van der Waals surface area contributed by atoms with Gasteiger partial charge in [-0.2, -0.15) is 0 Å². The van der Waals surface area contributed by atoms with Gasteiger partial charge in [0.2, 0.25) is 5.91 Å². The lowest BCUT2D eigenvalue weighted by Gasteiger charge is -2.54. The van der Waals surface area contributed by atoms with Crippen LogP contribution in [0.3, 0.4) is 0 Å². The Morgan fingerprint density at radius 3 is 2.23 bits per heavy atom. The highest BCUT2D eigenvalue weighted by Crippen LogP contribution is 2.41. The highest BCUT2D eigenvalue weighted by atomic mass is 16.6. The van der Waals surface area contributed by atoms with Crippen molar-refractivity contribution >= 4 is 24.0 Å². The third-order valence-corrected chi connectivity index (χ3v) is 9.80. The number of ether oxygens (including phenoxy) is 2. The Bertz CT molecular complexity index is 1580. The second-order valence-electron chi connectivity index (χ2n) is 14.2. The molecule has 0 bridgehead atoms. The summed E-state index contributed by atoms with van der Waals surface area (Å²) in [4.78, 5) is 44.9. The van der Waals surface area contributed by atoms with Crippen LogP contribution in [-0.2, 0) is 24.6 Å². The van der Waals surface area contributed by atoms with Crippen molar-refractivity contribution in [2.45, 2.75) is 94.6 Å². The Labute approximate surface area is 284 Å². The number of carbonyl (C=O) groups is 3. The molecule has 2 amide bonds. The van der Waals surface area contributed by atoms with E-state index in [0.29, 0.717) is 13.0 Å². The Kier molecular flexibility index (Phi) is 10.0. The summed E-state index contributed by atoms with van der Waals surface area (Å²) in [5.74, 6) is -0.441. The molecule has 0 unspecified atom stereocenters. The minimum atomic E-state index is -0.624. The van der Waals surface area contributed by atoms with Crippen LogP contribution in [0.25, 0.3) is 6.08 Å². The topological polar surface area (TPSA) is 88.2 Å². The summed E-state index contributed by atoms with van der Waals surface area (Å²) in [6.45, 7) is 6.29. The van der Waals surface area contributed by atoms with Crippen molar-refractivity contribution in [2.75, 3.05) is 13.2 Å². The highest BCUT2D eigenvalue weighted by molar-refractivity contribution is 5.84. The highest BCUT2D eigenvalue weighted by Gasteiger charge is 2.52. The number of carbonyl (C=O) groups excluding carboxylic acids is 3. The number of rotatable bonds is 11. The van der Waals surface area contributed by atoms with Gasteiger partial charge in [0.25, 0.3) is 0 Å². The molecule has 3 aromatic rings. The number of nitrogens with zero attached hydrogens (tertiary/aromatic N) is 2. The number of likely N-dealkylation sites (tertiary alicyclic amines) is 1. The van der Waals surface area contributed by atoms with Gasteiger partial charge in [0.15, 0.2) is 0 Å². The van der Waals surface area contributed by atoms with Gasteiger partial charge in [0.05, 0.1) is 29.7 Å². The van der Waals surface area contributed by atoms with Gasteiger partial charge in [-0.15, -0.1) is 0 Å².